The van der Waals surface area contributed by atoms with Gasteiger partial charge >= 0.3 is 0 Å². The van der Waals surface area contributed by atoms with Gasteiger partial charge in [-0.15, -0.1) is 0 Å². The highest BCUT2D eigenvalue weighted by atomic mass is 16.5. The maximum atomic E-state index is 5.35. The fourth-order valence-corrected chi connectivity index (χ4v) is 5.58. The van der Waals surface area contributed by atoms with Crippen LogP contribution in [0.2, 0.25) is 0 Å². The minimum absolute atomic E-state index is 0.774. The zero-order chi connectivity index (χ0) is 17.2. The van der Waals surface area contributed by atoms with Gasteiger partial charge in [0, 0.05) is 0 Å². The molecule has 2 saturated carbocycles. The molecule has 4 atom stereocenters. The van der Waals surface area contributed by atoms with Gasteiger partial charge in [0.05, 0.1) is 7.11 Å². The maximum absolute atomic E-state index is 5.35. The second kappa shape index (κ2) is 7.40. The van der Waals surface area contributed by atoms with Crippen LogP contribution in [0.5, 0.6) is 5.75 Å². The lowest BCUT2D eigenvalue weighted by atomic mass is 9.63. The van der Waals surface area contributed by atoms with E-state index in [2.05, 4.69) is 43.3 Å². The van der Waals surface area contributed by atoms with Gasteiger partial charge in [0.25, 0.3) is 0 Å². The van der Waals surface area contributed by atoms with Crippen LogP contribution < -0.4 is 4.74 Å². The summed E-state index contributed by atoms with van der Waals surface area (Å²) >= 11 is 0. The quantitative estimate of drug-likeness (QED) is 0.587. The Hall–Kier alpha value is -1.50. The Labute approximate surface area is 152 Å². The molecule has 134 valence electrons. The normalized spacial score (nSPS) is 29.4. The number of rotatable bonds is 4. The van der Waals surface area contributed by atoms with Gasteiger partial charge in [0.15, 0.2) is 0 Å². The SMILES string of the molecule is CCCC1CCC2CC(c3ccc4cc(OC)ccc4c3)CCC2C1. The summed E-state index contributed by atoms with van der Waals surface area (Å²) in [5.41, 5.74) is 1.56. The van der Waals surface area contributed by atoms with Crippen molar-refractivity contribution in [1.29, 1.82) is 0 Å². The van der Waals surface area contributed by atoms with E-state index < -0.39 is 0 Å². The van der Waals surface area contributed by atoms with Crippen molar-refractivity contribution in [1.82, 2.24) is 0 Å². The molecule has 2 aromatic rings. The van der Waals surface area contributed by atoms with Crippen molar-refractivity contribution in [3.63, 3.8) is 0 Å². The zero-order valence-electron chi connectivity index (χ0n) is 15.8. The largest absolute Gasteiger partial charge is 0.497 e. The number of ether oxygens (including phenoxy) is 1. The lowest BCUT2D eigenvalue weighted by Gasteiger charge is -2.42. The molecule has 0 radical (unpaired) electrons. The second-order valence-corrected chi connectivity index (χ2v) is 8.47. The first kappa shape index (κ1) is 16.9. The molecule has 2 aromatic carbocycles. The maximum Gasteiger partial charge on any atom is 0.119 e. The Kier molecular flexibility index (Phi) is 5.01. The monoisotopic (exact) mass is 336 g/mol. The van der Waals surface area contributed by atoms with E-state index in [1.54, 1.807) is 12.7 Å². The van der Waals surface area contributed by atoms with Crippen LogP contribution in [0.15, 0.2) is 36.4 Å². The predicted molar refractivity (Wildman–Crippen MR) is 106 cm³/mol. The van der Waals surface area contributed by atoms with Gasteiger partial charge < -0.3 is 4.74 Å². The van der Waals surface area contributed by atoms with Crippen LogP contribution >= 0.6 is 0 Å². The van der Waals surface area contributed by atoms with Crippen molar-refractivity contribution < 1.29 is 4.74 Å². The number of benzene rings is 2. The molecule has 0 aliphatic heterocycles. The van der Waals surface area contributed by atoms with Crippen LogP contribution in [0.1, 0.15) is 69.8 Å². The molecule has 0 bridgehead atoms. The molecule has 0 saturated heterocycles. The Morgan fingerprint density at radius 2 is 1.64 bits per heavy atom. The molecule has 0 heterocycles. The molecule has 1 heteroatoms. The number of fused-ring (bicyclic) bond motifs is 2. The summed E-state index contributed by atoms with van der Waals surface area (Å²) in [6.45, 7) is 2.35. The molecule has 0 spiro atoms. The first-order valence-electron chi connectivity index (χ1n) is 10.3. The third-order valence-corrected chi connectivity index (χ3v) is 6.96. The average molecular weight is 337 g/mol. The van der Waals surface area contributed by atoms with Gasteiger partial charge in [-0.3, -0.25) is 0 Å². The van der Waals surface area contributed by atoms with Gasteiger partial charge in [0.2, 0.25) is 0 Å². The molecule has 2 aliphatic carbocycles. The Balaban J connectivity index is 1.47. The molecule has 0 aromatic heterocycles. The summed E-state index contributed by atoms with van der Waals surface area (Å²) in [6, 6.07) is 13.5. The Bertz CT molecular complexity index is 719. The van der Waals surface area contributed by atoms with Crippen LogP contribution in [0.4, 0.5) is 0 Å². The lowest BCUT2D eigenvalue weighted by molar-refractivity contribution is 0.114. The van der Waals surface area contributed by atoms with E-state index in [0.29, 0.717) is 0 Å². The summed E-state index contributed by atoms with van der Waals surface area (Å²) in [7, 11) is 1.74. The first-order valence-corrected chi connectivity index (χ1v) is 10.3. The van der Waals surface area contributed by atoms with Crippen LogP contribution in [-0.4, -0.2) is 7.11 Å². The van der Waals surface area contributed by atoms with E-state index >= 15 is 0 Å². The Morgan fingerprint density at radius 3 is 2.48 bits per heavy atom. The van der Waals surface area contributed by atoms with E-state index in [4.69, 9.17) is 4.74 Å². The minimum atomic E-state index is 0.774. The van der Waals surface area contributed by atoms with E-state index in [1.165, 1.54) is 62.1 Å². The standard InChI is InChI=1S/C24H32O/c1-3-4-17-5-6-19-14-20(8-7-18(19)13-17)21-9-10-23-16-24(25-2)12-11-22(23)15-21/h9-12,15-20H,3-8,13-14H2,1-2H3. The summed E-state index contributed by atoms with van der Waals surface area (Å²) in [6.07, 6.45) is 11.6. The second-order valence-electron chi connectivity index (χ2n) is 8.47. The third kappa shape index (κ3) is 3.57. The van der Waals surface area contributed by atoms with Crippen LogP contribution in [-0.2, 0) is 0 Å². The molecule has 1 nitrogen and oxygen atoms in total. The van der Waals surface area contributed by atoms with E-state index in [1.807, 2.05) is 0 Å². The van der Waals surface area contributed by atoms with Gasteiger partial charge in [-0.1, -0.05) is 50.5 Å². The number of methoxy groups -OCH3 is 1. The summed E-state index contributed by atoms with van der Waals surface area (Å²) < 4.78 is 5.35. The first-order chi connectivity index (χ1) is 12.3. The fourth-order valence-electron chi connectivity index (χ4n) is 5.58. The van der Waals surface area contributed by atoms with Crippen LogP contribution in [0, 0.1) is 17.8 Å². The highest BCUT2D eigenvalue weighted by Gasteiger charge is 2.35. The van der Waals surface area contributed by atoms with Crippen molar-refractivity contribution >= 4 is 10.8 Å². The van der Waals surface area contributed by atoms with Gasteiger partial charge in [-0.2, -0.15) is 0 Å². The molecule has 2 fully saturated rings. The molecule has 4 rings (SSSR count). The number of hydrogen-bond donors (Lipinski definition) is 0. The molecule has 4 unspecified atom stereocenters. The molecule has 0 N–H and O–H groups in total. The third-order valence-electron chi connectivity index (χ3n) is 6.96. The smallest absolute Gasteiger partial charge is 0.119 e. The van der Waals surface area contributed by atoms with E-state index in [0.717, 1.165) is 29.4 Å². The van der Waals surface area contributed by atoms with Crippen LogP contribution in [0.25, 0.3) is 10.8 Å². The average Bonchev–Trinajstić information content (AvgIpc) is 2.67. The highest BCUT2D eigenvalue weighted by molar-refractivity contribution is 5.84. The van der Waals surface area contributed by atoms with Crippen molar-refractivity contribution in [2.24, 2.45) is 17.8 Å². The summed E-state index contributed by atoms with van der Waals surface area (Å²) in [4.78, 5) is 0. The number of hydrogen-bond acceptors (Lipinski definition) is 1. The van der Waals surface area contributed by atoms with Crippen molar-refractivity contribution in [3.05, 3.63) is 42.0 Å². The lowest BCUT2D eigenvalue weighted by Crippen LogP contribution is -2.30. The fraction of sp³-hybridized carbons (Fsp3) is 0.583. The molecule has 25 heavy (non-hydrogen) atoms. The van der Waals surface area contributed by atoms with Gasteiger partial charge in [0.1, 0.15) is 5.75 Å². The molecular formula is C24H32O. The van der Waals surface area contributed by atoms with E-state index in [-0.39, 0.29) is 0 Å². The highest BCUT2D eigenvalue weighted by Crippen LogP contribution is 2.48. The Morgan fingerprint density at radius 1 is 0.880 bits per heavy atom. The van der Waals surface area contributed by atoms with Crippen molar-refractivity contribution in [2.45, 2.75) is 64.2 Å². The summed E-state index contributed by atoms with van der Waals surface area (Å²) in [5, 5.41) is 2.64. The molecule has 0 amide bonds. The van der Waals surface area contributed by atoms with Crippen molar-refractivity contribution in [3.8, 4) is 5.75 Å². The van der Waals surface area contributed by atoms with Gasteiger partial charge in [-0.05, 0) is 84.2 Å². The predicted octanol–water partition coefficient (Wildman–Crippen LogP) is 6.95. The van der Waals surface area contributed by atoms with E-state index in [9.17, 15) is 0 Å². The van der Waals surface area contributed by atoms with Crippen molar-refractivity contribution in [2.75, 3.05) is 7.11 Å². The zero-order valence-corrected chi connectivity index (χ0v) is 15.8. The molecular weight excluding hydrogens is 304 g/mol. The summed E-state index contributed by atoms with van der Waals surface area (Å²) in [5.74, 6) is 4.75. The minimum Gasteiger partial charge on any atom is -0.497 e. The topological polar surface area (TPSA) is 9.23 Å². The van der Waals surface area contributed by atoms with Crippen LogP contribution in [0.3, 0.4) is 0 Å². The molecule has 2 aliphatic rings. The van der Waals surface area contributed by atoms with Gasteiger partial charge in [-0.25, -0.2) is 0 Å².